The van der Waals surface area contributed by atoms with E-state index in [-0.39, 0.29) is 0 Å². The second-order valence-corrected chi connectivity index (χ2v) is 8.36. The minimum atomic E-state index is 0.733. The second-order valence-electron chi connectivity index (χ2n) is 6.59. The number of aryl methyl sites for hydroxylation is 2. The maximum Gasteiger partial charge on any atom is 0.159 e. The first kappa shape index (κ1) is 16.7. The number of thiophene rings is 1. The molecule has 0 saturated carbocycles. The van der Waals surface area contributed by atoms with Gasteiger partial charge >= 0.3 is 0 Å². The number of hydrogen-bond donors (Lipinski definition) is 0. The lowest BCUT2D eigenvalue weighted by Gasteiger charge is -2.27. The summed E-state index contributed by atoms with van der Waals surface area (Å²) in [7, 11) is 0. The van der Waals surface area contributed by atoms with Gasteiger partial charge in [0, 0.05) is 58.2 Å². The van der Waals surface area contributed by atoms with Crippen LogP contribution in [0.25, 0.3) is 11.4 Å². The summed E-state index contributed by atoms with van der Waals surface area (Å²) in [6.45, 7) is 7.36. The number of benzene rings is 1. The smallest absolute Gasteiger partial charge is 0.159 e. The Balaban J connectivity index is 1.51. The van der Waals surface area contributed by atoms with E-state index in [9.17, 15) is 0 Å². The highest BCUT2D eigenvalue weighted by molar-refractivity contribution is 7.12. The van der Waals surface area contributed by atoms with Gasteiger partial charge in [-0.05, 0) is 49.7 Å². The molecule has 0 radical (unpaired) electrons. The van der Waals surface area contributed by atoms with Gasteiger partial charge in [0.2, 0.25) is 0 Å². The predicted molar refractivity (Wildman–Crippen MR) is 104 cm³/mol. The zero-order valence-electron chi connectivity index (χ0n) is 14.4. The molecule has 0 unspecified atom stereocenters. The van der Waals surface area contributed by atoms with Crippen LogP contribution in [0.4, 0.5) is 0 Å². The van der Waals surface area contributed by atoms with Crippen LogP contribution in [0.2, 0.25) is 5.02 Å². The molecular formula is C20H20ClN3S. The van der Waals surface area contributed by atoms with Crippen molar-refractivity contribution in [2.45, 2.75) is 33.4 Å². The molecule has 2 aromatic heterocycles. The van der Waals surface area contributed by atoms with Gasteiger partial charge in [-0.15, -0.1) is 11.3 Å². The van der Waals surface area contributed by atoms with E-state index in [1.165, 1.54) is 26.6 Å². The van der Waals surface area contributed by atoms with Crippen molar-refractivity contribution in [3.05, 3.63) is 68.1 Å². The molecular weight excluding hydrogens is 350 g/mol. The molecule has 3 aromatic rings. The number of rotatable bonds is 3. The van der Waals surface area contributed by atoms with E-state index < -0.39 is 0 Å². The van der Waals surface area contributed by atoms with Gasteiger partial charge in [-0.1, -0.05) is 11.6 Å². The molecule has 3 nitrogen and oxygen atoms in total. The molecule has 1 aliphatic heterocycles. The lowest BCUT2D eigenvalue weighted by Crippen LogP contribution is -2.30. The molecule has 0 aliphatic carbocycles. The first-order chi connectivity index (χ1) is 12.1. The van der Waals surface area contributed by atoms with Gasteiger partial charge in [0.1, 0.15) is 0 Å². The monoisotopic (exact) mass is 369 g/mol. The Labute approximate surface area is 157 Å². The average Bonchev–Trinajstić information content (AvgIpc) is 2.92. The second kappa shape index (κ2) is 6.87. The molecule has 0 atom stereocenters. The summed E-state index contributed by atoms with van der Waals surface area (Å²) in [5.74, 6) is 0.786. The maximum absolute atomic E-state index is 5.96. The van der Waals surface area contributed by atoms with E-state index in [2.05, 4.69) is 29.8 Å². The Morgan fingerprint density at radius 3 is 2.72 bits per heavy atom. The highest BCUT2D eigenvalue weighted by Gasteiger charge is 2.19. The topological polar surface area (TPSA) is 29.0 Å². The summed E-state index contributed by atoms with van der Waals surface area (Å²) >= 11 is 7.87. The molecule has 0 saturated heterocycles. The van der Waals surface area contributed by atoms with Crippen molar-refractivity contribution in [3.63, 3.8) is 0 Å². The van der Waals surface area contributed by atoms with Gasteiger partial charge in [0.25, 0.3) is 0 Å². The highest BCUT2D eigenvalue weighted by Crippen LogP contribution is 2.26. The minimum Gasteiger partial charge on any atom is -0.293 e. The molecule has 128 valence electrons. The summed E-state index contributed by atoms with van der Waals surface area (Å²) in [5.41, 5.74) is 4.83. The first-order valence-corrected chi connectivity index (χ1v) is 9.67. The fourth-order valence-corrected chi connectivity index (χ4v) is 4.42. The van der Waals surface area contributed by atoms with E-state index in [0.717, 1.165) is 42.5 Å². The van der Waals surface area contributed by atoms with Crippen LogP contribution < -0.4 is 0 Å². The Bertz CT molecular complexity index is 882. The molecule has 0 bridgehead atoms. The minimum absolute atomic E-state index is 0.733. The molecule has 0 spiro atoms. The zero-order valence-corrected chi connectivity index (χ0v) is 16.0. The van der Waals surface area contributed by atoms with Gasteiger partial charge < -0.3 is 0 Å². The van der Waals surface area contributed by atoms with Crippen molar-refractivity contribution >= 4 is 22.9 Å². The molecule has 1 aliphatic rings. The molecule has 0 N–H and O–H groups in total. The average molecular weight is 370 g/mol. The van der Waals surface area contributed by atoms with Gasteiger partial charge in [-0.25, -0.2) is 9.97 Å². The Kier molecular flexibility index (Phi) is 4.59. The van der Waals surface area contributed by atoms with E-state index in [4.69, 9.17) is 16.6 Å². The third-order valence-corrected chi connectivity index (χ3v) is 6.10. The third kappa shape index (κ3) is 3.61. The molecule has 0 fully saturated rings. The standard InChI is InChI=1S/C20H20ClN3S/c1-13-9-18(25-14(13)2)12-24-8-7-19-16(11-24)10-22-20(23-19)15-3-5-17(21)6-4-15/h3-6,9-10H,7-8,11-12H2,1-2H3. The van der Waals surface area contributed by atoms with E-state index in [1.807, 2.05) is 41.8 Å². The van der Waals surface area contributed by atoms with Crippen molar-refractivity contribution < 1.29 is 0 Å². The maximum atomic E-state index is 5.96. The summed E-state index contributed by atoms with van der Waals surface area (Å²) in [6.07, 6.45) is 2.96. The van der Waals surface area contributed by atoms with Crippen molar-refractivity contribution in [2.75, 3.05) is 6.54 Å². The van der Waals surface area contributed by atoms with Crippen molar-refractivity contribution in [1.29, 1.82) is 0 Å². The van der Waals surface area contributed by atoms with Gasteiger partial charge in [0.15, 0.2) is 5.82 Å². The highest BCUT2D eigenvalue weighted by atomic mass is 35.5. The molecule has 1 aromatic carbocycles. The van der Waals surface area contributed by atoms with E-state index in [1.54, 1.807) is 0 Å². The van der Waals surface area contributed by atoms with E-state index >= 15 is 0 Å². The number of fused-ring (bicyclic) bond motifs is 1. The molecule has 5 heteroatoms. The van der Waals surface area contributed by atoms with Crippen LogP contribution in [-0.2, 0) is 19.5 Å². The van der Waals surface area contributed by atoms with Crippen molar-refractivity contribution in [3.8, 4) is 11.4 Å². The fraction of sp³-hybridized carbons (Fsp3) is 0.300. The predicted octanol–water partition coefficient (Wildman–Crippen LogP) is 5.03. The van der Waals surface area contributed by atoms with Crippen LogP contribution in [-0.4, -0.2) is 21.4 Å². The number of halogens is 1. The number of aromatic nitrogens is 2. The lowest BCUT2D eigenvalue weighted by molar-refractivity contribution is 0.245. The normalized spacial score (nSPS) is 14.5. The Hall–Kier alpha value is -1.75. The fourth-order valence-electron chi connectivity index (χ4n) is 3.20. The molecule has 0 amide bonds. The van der Waals surface area contributed by atoms with Gasteiger partial charge in [-0.2, -0.15) is 0 Å². The molecule has 4 rings (SSSR count). The molecule has 25 heavy (non-hydrogen) atoms. The first-order valence-electron chi connectivity index (χ1n) is 8.47. The van der Waals surface area contributed by atoms with Crippen LogP contribution in [0.3, 0.4) is 0 Å². The Morgan fingerprint density at radius 2 is 2.00 bits per heavy atom. The SMILES string of the molecule is Cc1cc(CN2CCc3nc(-c4ccc(Cl)cc4)ncc3C2)sc1C. The van der Waals surface area contributed by atoms with Crippen LogP contribution in [0.15, 0.2) is 36.5 Å². The zero-order chi connectivity index (χ0) is 17.4. The Morgan fingerprint density at radius 1 is 1.20 bits per heavy atom. The van der Waals surface area contributed by atoms with Gasteiger partial charge in [-0.3, -0.25) is 4.90 Å². The van der Waals surface area contributed by atoms with Crippen LogP contribution in [0.1, 0.15) is 26.6 Å². The van der Waals surface area contributed by atoms with Crippen LogP contribution in [0.5, 0.6) is 0 Å². The van der Waals surface area contributed by atoms with Crippen LogP contribution >= 0.6 is 22.9 Å². The summed E-state index contributed by atoms with van der Waals surface area (Å²) in [6, 6.07) is 10.0. The number of hydrogen-bond acceptors (Lipinski definition) is 4. The summed E-state index contributed by atoms with van der Waals surface area (Å²) in [4.78, 5) is 14.7. The van der Waals surface area contributed by atoms with E-state index in [0.29, 0.717) is 0 Å². The van der Waals surface area contributed by atoms with Gasteiger partial charge in [0.05, 0.1) is 5.69 Å². The van der Waals surface area contributed by atoms with Crippen molar-refractivity contribution in [2.24, 2.45) is 0 Å². The van der Waals surface area contributed by atoms with Crippen molar-refractivity contribution in [1.82, 2.24) is 14.9 Å². The largest absolute Gasteiger partial charge is 0.293 e. The van der Waals surface area contributed by atoms with Crippen LogP contribution in [0, 0.1) is 13.8 Å². The molecule has 3 heterocycles. The number of nitrogens with zero attached hydrogens (tertiary/aromatic N) is 3. The summed E-state index contributed by atoms with van der Waals surface area (Å²) in [5, 5.41) is 0.733. The third-order valence-electron chi connectivity index (χ3n) is 4.71. The lowest BCUT2D eigenvalue weighted by atomic mass is 10.1. The quantitative estimate of drug-likeness (QED) is 0.648. The summed E-state index contributed by atoms with van der Waals surface area (Å²) < 4.78 is 0.